The Morgan fingerprint density at radius 2 is 1.96 bits per heavy atom. The van der Waals surface area contributed by atoms with Crippen LogP contribution in [0.25, 0.3) is 0 Å². The average molecular weight is 348 g/mol. The Morgan fingerprint density at radius 1 is 1.20 bits per heavy atom. The molecule has 0 spiro atoms. The Morgan fingerprint density at radius 3 is 2.64 bits per heavy atom. The molecule has 2 atom stereocenters. The van der Waals surface area contributed by atoms with E-state index in [1.165, 1.54) is 12.1 Å². The van der Waals surface area contributed by atoms with Gasteiger partial charge in [-0.3, -0.25) is 10.1 Å². The molecule has 8 heteroatoms. The molecule has 1 aliphatic heterocycles. The maximum absolute atomic E-state index is 13.9. The van der Waals surface area contributed by atoms with Gasteiger partial charge in [0.05, 0.1) is 10.5 Å². The second-order valence-corrected chi connectivity index (χ2v) is 5.89. The fourth-order valence-electron chi connectivity index (χ4n) is 3.19. The van der Waals surface area contributed by atoms with Gasteiger partial charge in [0.1, 0.15) is 11.6 Å². The van der Waals surface area contributed by atoms with E-state index < -0.39 is 28.6 Å². The van der Waals surface area contributed by atoms with E-state index in [4.69, 9.17) is 0 Å². The smallest absolute Gasteiger partial charge is 0.335 e. The maximum Gasteiger partial charge on any atom is 0.335 e. The molecule has 1 heterocycles. The van der Waals surface area contributed by atoms with Crippen LogP contribution in [0.5, 0.6) is 0 Å². The molecule has 2 unspecified atom stereocenters. The first kappa shape index (κ1) is 17.0. The highest BCUT2D eigenvalue weighted by atomic mass is 19.1. The van der Waals surface area contributed by atoms with Gasteiger partial charge in [-0.15, -0.1) is 0 Å². The van der Waals surface area contributed by atoms with Gasteiger partial charge in [-0.2, -0.15) is 0 Å². The van der Waals surface area contributed by atoms with Gasteiger partial charge in [0.2, 0.25) is 0 Å². The van der Waals surface area contributed by atoms with Crippen molar-refractivity contribution in [3.8, 4) is 0 Å². The molecule has 0 aromatic heterocycles. The molecule has 0 aliphatic carbocycles. The molecule has 130 valence electrons. The van der Waals surface area contributed by atoms with Crippen molar-refractivity contribution < 1.29 is 23.6 Å². The topological polar surface area (TPSA) is 92.5 Å². The summed E-state index contributed by atoms with van der Waals surface area (Å²) < 4.78 is 27.3. The van der Waals surface area contributed by atoms with E-state index in [1.807, 2.05) is 0 Å². The number of halogens is 2. The molecule has 2 aromatic rings. The van der Waals surface area contributed by atoms with Gasteiger partial charge in [0.15, 0.2) is 0 Å². The predicted octanol–water partition coefficient (Wildman–Crippen LogP) is 3.39. The van der Waals surface area contributed by atoms with Gasteiger partial charge in [-0.1, -0.05) is 0 Å². The van der Waals surface area contributed by atoms with Crippen LogP contribution in [0, 0.1) is 21.7 Å². The second-order valence-electron chi connectivity index (χ2n) is 5.89. The summed E-state index contributed by atoms with van der Waals surface area (Å²) in [6.45, 7) is 0.308. The highest BCUT2D eigenvalue weighted by molar-refractivity contribution is 5.90. The highest BCUT2D eigenvalue weighted by Gasteiger charge is 2.31. The minimum absolute atomic E-state index is 0.0298. The fourth-order valence-corrected chi connectivity index (χ4v) is 3.19. The summed E-state index contributed by atoms with van der Waals surface area (Å²) in [5.41, 5.74) is 0.233. The number of carboxylic acid groups (broad SMARTS) is 1. The van der Waals surface area contributed by atoms with Crippen molar-refractivity contribution in [3.05, 3.63) is 74.8 Å². The monoisotopic (exact) mass is 348 g/mol. The van der Waals surface area contributed by atoms with Crippen molar-refractivity contribution in [2.45, 2.75) is 18.4 Å². The molecular weight excluding hydrogens is 334 g/mol. The number of hydrogen-bond donors (Lipinski definition) is 2. The summed E-state index contributed by atoms with van der Waals surface area (Å²) >= 11 is 0. The zero-order chi connectivity index (χ0) is 18.1. The molecular formula is C17H14F2N2O4. The number of aromatic carboxylic acids is 1. The van der Waals surface area contributed by atoms with Crippen molar-refractivity contribution in [1.29, 1.82) is 0 Å². The van der Waals surface area contributed by atoms with E-state index in [9.17, 15) is 28.8 Å². The minimum atomic E-state index is -1.19. The first-order valence-corrected chi connectivity index (χ1v) is 7.56. The number of non-ortho nitro benzene ring substituents is 1. The van der Waals surface area contributed by atoms with Crippen LogP contribution in [0.2, 0.25) is 0 Å². The van der Waals surface area contributed by atoms with Crippen molar-refractivity contribution in [2.75, 3.05) is 6.54 Å². The zero-order valence-electron chi connectivity index (χ0n) is 12.9. The molecule has 25 heavy (non-hydrogen) atoms. The van der Waals surface area contributed by atoms with Crippen molar-refractivity contribution in [2.24, 2.45) is 0 Å². The van der Waals surface area contributed by atoms with Crippen molar-refractivity contribution in [1.82, 2.24) is 5.32 Å². The Balaban J connectivity index is 1.93. The number of nitrogens with zero attached hydrogens (tertiary/aromatic N) is 1. The molecule has 2 aromatic carbocycles. The molecule has 1 saturated heterocycles. The SMILES string of the molecule is O=C(O)c1ccc([N+](=O)[O-])cc1C1CNC(c2cc(F)ccc2F)C1. The Labute approximate surface area is 141 Å². The number of rotatable bonds is 4. The van der Waals surface area contributed by atoms with Gasteiger partial charge in [0, 0.05) is 30.3 Å². The Bertz CT molecular complexity index is 857. The van der Waals surface area contributed by atoms with Gasteiger partial charge >= 0.3 is 5.97 Å². The van der Waals surface area contributed by atoms with Crippen molar-refractivity contribution in [3.63, 3.8) is 0 Å². The summed E-state index contributed by atoms with van der Waals surface area (Å²) in [5.74, 6) is -2.68. The van der Waals surface area contributed by atoms with Crippen LogP contribution in [-0.2, 0) is 0 Å². The van der Waals surface area contributed by atoms with Crippen LogP contribution in [0.4, 0.5) is 14.5 Å². The average Bonchev–Trinajstić information content (AvgIpc) is 3.06. The number of nitro benzene ring substituents is 1. The molecule has 0 amide bonds. The van der Waals surface area contributed by atoms with Crippen molar-refractivity contribution >= 4 is 11.7 Å². The highest BCUT2D eigenvalue weighted by Crippen LogP contribution is 2.37. The quantitative estimate of drug-likeness (QED) is 0.653. The summed E-state index contributed by atoms with van der Waals surface area (Å²) in [4.78, 5) is 21.8. The van der Waals surface area contributed by atoms with E-state index in [1.54, 1.807) is 0 Å². The third-order valence-corrected chi connectivity index (χ3v) is 4.38. The van der Waals surface area contributed by atoms with E-state index in [0.29, 0.717) is 18.5 Å². The van der Waals surface area contributed by atoms with E-state index >= 15 is 0 Å². The lowest BCUT2D eigenvalue weighted by atomic mass is 9.90. The minimum Gasteiger partial charge on any atom is -0.478 e. The first-order valence-electron chi connectivity index (χ1n) is 7.56. The Kier molecular flexibility index (Phi) is 4.45. The van der Waals surface area contributed by atoms with Gasteiger partial charge in [0.25, 0.3) is 5.69 Å². The van der Waals surface area contributed by atoms with E-state index in [-0.39, 0.29) is 22.7 Å². The molecule has 3 rings (SSSR count). The summed E-state index contributed by atoms with van der Waals surface area (Å²) in [6.07, 6.45) is 0.307. The van der Waals surface area contributed by atoms with Gasteiger partial charge in [-0.25, -0.2) is 13.6 Å². The molecule has 1 aliphatic rings. The number of nitrogens with one attached hydrogen (secondary N) is 1. The normalized spacial score (nSPS) is 19.8. The number of benzene rings is 2. The molecule has 2 N–H and O–H groups in total. The fraction of sp³-hybridized carbons (Fsp3) is 0.235. The maximum atomic E-state index is 13.9. The summed E-state index contributed by atoms with van der Waals surface area (Å²) in [5, 5.41) is 23.3. The summed E-state index contributed by atoms with van der Waals surface area (Å²) in [6, 6.07) is 6.23. The summed E-state index contributed by atoms with van der Waals surface area (Å²) in [7, 11) is 0. The van der Waals surface area contributed by atoms with E-state index in [2.05, 4.69) is 5.32 Å². The molecule has 1 fully saturated rings. The molecule has 0 radical (unpaired) electrons. The van der Waals surface area contributed by atoms with E-state index in [0.717, 1.165) is 24.3 Å². The second kappa shape index (κ2) is 6.56. The first-order chi connectivity index (χ1) is 11.9. The molecule has 0 bridgehead atoms. The van der Waals surface area contributed by atoms with Crippen LogP contribution in [0.3, 0.4) is 0 Å². The number of nitro groups is 1. The lowest BCUT2D eigenvalue weighted by Crippen LogP contribution is -2.15. The predicted molar refractivity (Wildman–Crippen MR) is 84.5 cm³/mol. The third kappa shape index (κ3) is 3.34. The van der Waals surface area contributed by atoms with Gasteiger partial charge in [-0.05, 0) is 42.2 Å². The van der Waals surface area contributed by atoms with Crippen LogP contribution in [0.15, 0.2) is 36.4 Å². The third-order valence-electron chi connectivity index (χ3n) is 4.38. The lowest BCUT2D eigenvalue weighted by Gasteiger charge is -2.14. The van der Waals surface area contributed by atoms with Gasteiger partial charge < -0.3 is 10.4 Å². The lowest BCUT2D eigenvalue weighted by molar-refractivity contribution is -0.384. The number of carboxylic acids is 1. The Hall–Kier alpha value is -2.87. The molecule has 0 saturated carbocycles. The van der Waals surface area contributed by atoms with Crippen LogP contribution >= 0.6 is 0 Å². The van der Waals surface area contributed by atoms with Crippen LogP contribution in [-0.4, -0.2) is 22.5 Å². The zero-order valence-corrected chi connectivity index (χ0v) is 12.9. The molecule has 6 nitrogen and oxygen atoms in total. The standard InChI is InChI=1S/C17H14F2N2O4/c18-10-1-4-15(19)14(6-10)16-5-9(8-20-16)13-7-11(21(24)25)2-3-12(13)17(22)23/h1-4,6-7,9,16,20H,5,8H2,(H,22,23). The van der Waals surface area contributed by atoms with Crippen LogP contribution in [0.1, 0.15) is 39.9 Å². The number of hydrogen-bond acceptors (Lipinski definition) is 4. The number of carbonyl (C=O) groups is 1. The van der Waals surface area contributed by atoms with Crippen LogP contribution < -0.4 is 5.32 Å². The largest absolute Gasteiger partial charge is 0.478 e.